The quantitative estimate of drug-likeness (QED) is 0.134. The molecule has 0 radical (unpaired) electrons. The van der Waals surface area contributed by atoms with E-state index in [1.54, 1.807) is 18.2 Å². The first-order chi connectivity index (χ1) is 22.9. The minimum absolute atomic E-state index is 0.0210. The van der Waals surface area contributed by atoms with Crippen LogP contribution in [-0.4, -0.2) is 57.8 Å². The van der Waals surface area contributed by atoms with Crippen LogP contribution in [0.2, 0.25) is 0 Å². The topological polar surface area (TPSA) is 96.8 Å². The van der Waals surface area contributed by atoms with Gasteiger partial charge in [0.2, 0.25) is 11.8 Å². The van der Waals surface area contributed by atoms with Gasteiger partial charge in [-0.3, -0.25) is 9.62 Å². The summed E-state index contributed by atoms with van der Waals surface area (Å²) in [5, 5.41) is 9.46. The predicted molar refractivity (Wildman–Crippen MR) is 186 cm³/mol. The van der Waals surface area contributed by atoms with Gasteiger partial charge in [0.25, 0.3) is 0 Å². The highest BCUT2D eigenvalue weighted by Crippen LogP contribution is 2.31. The number of morpholine rings is 1. The maximum absolute atomic E-state index is 11.5. The fourth-order valence-electron chi connectivity index (χ4n) is 5.95. The third kappa shape index (κ3) is 8.37. The molecule has 0 aliphatic carbocycles. The van der Waals surface area contributed by atoms with Crippen molar-refractivity contribution in [1.82, 2.24) is 14.9 Å². The maximum atomic E-state index is 11.5. The highest BCUT2D eigenvalue weighted by atomic mass is 32.2. The first-order valence-electron chi connectivity index (χ1n) is 15.7. The number of aromatic nitrogens is 2. The number of aryl methyl sites for hydroxylation is 2. The molecule has 6 rings (SSSR count). The van der Waals surface area contributed by atoms with Crippen molar-refractivity contribution in [3.05, 3.63) is 137 Å². The van der Waals surface area contributed by atoms with E-state index in [2.05, 4.69) is 72.0 Å². The fraction of sp³-hybridized carbons (Fsp3) is 0.237. The molecule has 1 aromatic heterocycles. The SMILES string of the molecule is Cc1cccc(C)c1-c1cc(OC(Cc2ccccc2)C2COCCN2Cc2ccccc2)nc(NSc2cccc(C(=O)O)c2)n1. The first-order valence-corrected chi connectivity index (χ1v) is 16.5. The number of aromatic carboxylic acids is 1. The summed E-state index contributed by atoms with van der Waals surface area (Å²) in [7, 11) is 0. The molecule has 2 heterocycles. The van der Waals surface area contributed by atoms with Gasteiger partial charge in [0.15, 0.2) is 0 Å². The van der Waals surface area contributed by atoms with E-state index in [0.29, 0.717) is 31.5 Å². The van der Waals surface area contributed by atoms with E-state index in [-0.39, 0.29) is 17.7 Å². The lowest BCUT2D eigenvalue weighted by molar-refractivity contribution is -0.0554. The largest absolute Gasteiger partial charge is 0.478 e. The number of anilines is 1. The molecule has 4 aromatic carbocycles. The second-order valence-electron chi connectivity index (χ2n) is 11.7. The molecule has 1 saturated heterocycles. The zero-order valence-corrected chi connectivity index (χ0v) is 27.3. The smallest absolute Gasteiger partial charge is 0.335 e. The molecular formula is C38H38N4O4S. The van der Waals surface area contributed by atoms with Crippen molar-refractivity contribution in [2.45, 2.75) is 43.9 Å². The summed E-state index contributed by atoms with van der Waals surface area (Å²) in [6.45, 7) is 6.94. The van der Waals surface area contributed by atoms with Crippen LogP contribution in [0, 0.1) is 13.8 Å². The van der Waals surface area contributed by atoms with E-state index < -0.39 is 5.97 Å². The zero-order chi connectivity index (χ0) is 32.6. The van der Waals surface area contributed by atoms with Crippen LogP contribution in [0.4, 0.5) is 5.95 Å². The monoisotopic (exact) mass is 646 g/mol. The highest BCUT2D eigenvalue weighted by molar-refractivity contribution is 8.00. The Balaban J connectivity index is 1.35. The summed E-state index contributed by atoms with van der Waals surface area (Å²) < 4.78 is 16.2. The second-order valence-corrected chi connectivity index (χ2v) is 12.5. The molecule has 1 aliphatic rings. The van der Waals surface area contributed by atoms with Crippen molar-refractivity contribution in [3.63, 3.8) is 0 Å². The summed E-state index contributed by atoms with van der Waals surface area (Å²) in [6.07, 6.45) is 0.400. The van der Waals surface area contributed by atoms with Crippen LogP contribution in [0.3, 0.4) is 0 Å². The Morgan fingerprint density at radius 2 is 1.64 bits per heavy atom. The second kappa shape index (κ2) is 15.3. The van der Waals surface area contributed by atoms with Gasteiger partial charge in [0.1, 0.15) is 6.10 Å². The molecule has 9 heteroatoms. The molecular weight excluding hydrogens is 609 g/mol. The summed E-state index contributed by atoms with van der Waals surface area (Å²) in [5.41, 5.74) is 6.58. The Kier molecular flexibility index (Phi) is 10.5. The standard InChI is InChI=1S/C38H38N4O4S/c1-26-11-9-12-27(2)36(26)32-23-35(40-38(39-32)41-47-31-18-10-17-30(22-31)37(43)44)46-34(21-28-13-5-3-6-14-28)33-25-45-20-19-42(33)24-29-15-7-4-8-16-29/h3-18,22-23,33-34H,19-21,24-25H2,1-2H3,(H,43,44)(H,39,40,41). The van der Waals surface area contributed by atoms with Gasteiger partial charge in [0, 0.05) is 36.0 Å². The van der Waals surface area contributed by atoms with Gasteiger partial charge in [-0.1, -0.05) is 84.9 Å². The molecule has 2 atom stereocenters. The van der Waals surface area contributed by atoms with Crippen LogP contribution < -0.4 is 9.46 Å². The van der Waals surface area contributed by atoms with Crippen LogP contribution in [0.5, 0.6) is 5.88 Å². The fourth-order valence-corrected chi connectivity index (χ4v) is 6.58. The van der Waals surface area contributed by atoms with E-state index >= 15 is 0 Å². The lowest BCUT2D eigenvalue weighted by atomic mass is 9.99. The van der Waals surface area contributed by atoms with E-state index in [1.165, 1.54) is 23.1 Å². The molecule has 0 saturated carbocycles. The van der Waals surface area contributed by atoms with E-state index in [9.17, 15) is 9.90 Å². The molecule has 1 aliphatic heterocycles. The van der Waals surface area contributed by atoms with Crippen molar-refractivity contribution in [1.29, 1.82) is 0 Å². The molecule has 8 nitrogen and oxygen atoms in total. The Hall–Kier alpha value is -4.70. The molecule has 5 aromatic rings. The van der Waals surface area contributed by atoms with Crippen molar-refractivity contribution in [2.75, 3.05) is 24.5 Å². The van der Waals surface area contributed by atoms with Crippen LogP contribution in [0.1, 0.15) is 32.6 Å². The van der Waals surface area contributed by atoms with E-state index in [4.69, 9.17) is 19.4 Å². The molecule has 240 valence electrons. The average molecular weight is 647 g/mol. The van der Waals surface area contributed by atoms with Crippen LogP contribution >= 0.6 is 11.9 Å². The van der Waals surface area contributed by atoms with Gasteiger partial charge in [-0.05, 0) is 66.2 Å². The minimum atomic E-state index is -0.978. The third-order valence-electron chi connectivity index (χ3n) is 8.27. The van der Waals surface area contributed by atoms with Gasteiger partial charge in [0.05, 0.1) is 30.5 Å². The molecule has 0 spiro atoms. The predicted octanol–water partition coefficient (Wildman–Crippen LogP) is 7.47. The molecule has 1 fully saturated rings. The van der Waals surface area contributed by atoms with Crippen molar-refractivity contribution < 1.29 is 19.4 Å². The van der Waals surface area contributed by atoms with Gasteiger partial charge in [-0.25, -0.2) is 9.78 Å². The number of hydrogen-bond acceptors (Lipinski definition) is 8. The van der Waals surface area contributed by atoms with Crippen LogP contribution in [0.25, 0.3) is 11.3 Å². The summed E-state index contributed by atoms with van der Waals surface area (Å²) >= 11 is 1.26. The number of rotatable bonds is 12. The summed E-state index contributed by atoms with van der Waals surface area (Å²) in [6, 6.07) is 35.7. The van der Waals surface area contributed by atoms with Gasteiger partial charge < -0.3 is 14.6 Å². The number of carboxylic acids is 1. The van der Waals surface area contributed by atoms with Crippen molar-refractivity contribution in [2.24, 2.45) is 0 Å². The Morgan fingerprint density at radius 1 is 0.936 bits per heavy atom. The van der Waals surface area contributed by atoms with Crippen LogP contribution in [-0.2, 0) is 17.7 Å². The van der Waals surface area contributed by atoms with Gasteiger partial charge in [-0.2, -0.15) is 4.98 Å². The van der Waals surface area contributed by atoms with Crippen LogP contribution in [0.15, 0.2) is 114 Å². The first kappa shape index (κ1) is 32.2. The van der Waals surface area contributed by atoms with Crippen molar-refractivity contribution >= 4 is 23.9 Å². The normalized spacial score (nSPS) is 15.6. The maximum Gasteiger partial charge on any atom is 0.335 e. The van der Waals surface area contributed by atoms with E-state index in [1.807, 2.05) is 42.5 Å². The van der Waals surface area contributed by atoms with Gasteiger partial charge >= 0.3 is 5.97 Å². The molecule has 47 heavy (non-hydrogen) atoms. The lowest BCUT2D eigenvalue weighted by Crippen LogP contribution is -2.53. The number of carboxylic acid groups (broad SMARTS) is 1. The number of carbonyl (C=O) groups is 1. The van der Waals surface area contributed by atoms with Gasteiger partial charge in [-0.15, -0.1) is 0 Å². The Morgan fingerprint density at radius 3 is 2.36 bits per heavy atom. The number of nitrogens with zero attached hydrogens (tertiary/aromatic N) is 3. The number of ether oxygens (including phenoxy) is 2. The Bertz CT molecular complexity index is 1780. The molecule has 2 unspecified atom stereocenters. The molecule has 0 bridgehead atoms. The minimum Gasteiger partial charge on any atom is -0.478 e. The molecule has 2 N–H and O–H groups in total. The average Bonchev–Trinajstić information content (AvgIpc) is 3.08. The highest BCUT2D eigenvalue weighted by Gasteiger charge is 2.33. The number of nitrogens with one attached hydrogen (secondary N) is 1. The van der Waals surface area contributed by atoms with E-state index in [0.717, 1.165) is 40.4 Å². The zero-order valence-electron chi connectivity index (χ0n) is 26.5. The number of hydrogen-bond donors (Lipinski definition) is 2. The molecule has 0 amide bonds. The third-order valence-corrected chi connectivity index (χ3v) is 9.05. The summed E-state index contributed by atoms with van der Waals surface area (Å²) in [4.78, 5) is 24.5. The number of benzene rings is 4. The lowest BCUT2D eigenvalue weighted by Gasteiger charge is -2.40. The van der Waals surface area contributed by atoms with Crippen molar-refractivity contribution in [3.8, 4) is 17.1 Å². The summed E-state index contributed by atoms with van der Waals surface area (Å²) in [5.74, 6) is -0.162. The Labute approximate surface area is 279 Å².